The molecule has 0 spiro atoms. The van der Waals surface area contributed by atoms with Gasteiger partial charge >= 0.3 is 0 Å². The number of methoxy groups -OCH3 is 1. The van der Waals surface area contributed by atoms with Crippen molar-refractivity contribution in [2.75, 3.05) is 13.7 Å². The first-order valence-corrected chi connectivity index (χ1v) is 12.3. The predicted molar refractivity (Wildman–Crippen MR) is 130 cm³/mol. The van der Waals surface area contributed by atoms with Crippen LogP contribution in [0.4, 0.5) is 0 Å². The highest BCUT2D eigenvalue weighted by Crippen LogP contribution is 2.47. The van der Waals surface area contributed by atoms with Crippen LogP contribution in [-0.4, -0.2) is 53.6 Å². The molecule has 8 nitrogen and oxygen atoms in total. The molecule has 4 atom stereocenters. The second-order valence-electron chi connectivity index (χ2n) is 10.9. The van der Waals surface area contributed by atoms with Gasteiger partial charge in [-0.3, -0.25) is 19.9 Å². The van der Waals surface area contributed by atoms with Crippen LogP contribution in [0, 0.1) is 17.2 Å². The van der Waals surface area contributed by atoms with Gasteiger partial charge < -0.3 is 20.1 Å². The van der Waals surface area contributed by atoms with E-state index < -0.39 is 11.1 Å². The van der Waals surface area contributed by atoms with E-state index in [1.807, 2.05) is 45.9 Å². The quantitative estimate of drug-likeness (QED) is 0.541. The van der Waals surface area contributed by atoms with Crippen LogP contribution < -0.4 is 15.4 Å². The Kier molecular flexibility index (Phi) is 6.59. The summed E-state index contributed by atoms with van der Waals surface area (Å²) in [4.78, 5) is 27.8. The molecule has 0 radical (unpaired) electrons. The zero-order valence-electron chi connectivity index (χ0n) is 20.5. The van der Waals surface area contributed by atoms with E-state index in [2.05, 4.69) is 10.6 Å². The van der Waals surface area contributed by atoms with Crippen molar-refractivity contribution in [3.05, 3.63) is 28.8 Å². The average molecular weight is 491 g/mol. The fraction of sp³-hybridized carbons (Fsp3) is 0.640. The van der Waals surface area contributed by atoms with Crippen molar-refractivity contribution < 1.29 is 19.1 Å². The fourth-order valence-electron chi connectivity index (χ4n) is 5.36. The lowest BCUT2D eigenvalue weighted by molar-refractivity contribution is -0.133. The lowest BCUT2D eigenvalue weighted by Crippen LogP contribution is -2.63. The second-order valence-corrected chi connectivity index (χ2v) is 11.3. The number of guanidine groups is 1. The number of benzene rings is 1. The maximum absolute atomic E-state index is 13.3. The summed E-state index contributed by atoms with van der Waals surface area (Å²) in [5.74, 6) is 0.397. The van der Waals surface area contributed by atoms with Crippen molar-refractivity contribution in [3.8, 4) is 5.75 Å². The van der Waals surface area contributed by atoms with Gasteiger partial charge in [0.15, 0.2) is 5.96 Å². The van der Waals surface area contributed by atoms with Gasteiger partial charge in [-0.2, -0.15) is 0 Å². The van der Waals surface area contributed by atoms with Crippen LogP contribution in [0.15, 0.2) is 18.2 Å². The van der Waals surface area contributed by atoms with Crippen LogP contribution in [0.25, 0.3) is 0 Å². The molecule has 1 aromatic carbocycles. The van der Waals surface area contributed by atoms with E-state index in [-0.39, 0.29) is 41.7 Å². The zero-order valence-corrected chi connectivity index (χ0v) is 21.3. The standard InChI is InChI=1S/C25H35ClN4O4/c1-24(2)13-20(31)30(23(27)29-24)18(9-10-33-5)14-11-15(14)22(32)28-17-12-25(3,4)34-19-8-6-7-16(26)21(17)19/h6-8,14-15,17-18H,9-13H2,1-5H3,(H2,27,29)(H,28,32)/t14?,15-,17-,18-/m1/s1. The number of ether oxygens (including phenoxy) is 2. The lowest BCUT2D eigenvalue weighted by Gasteiger charge is -2.42. The highest BCUT2D eigenvalue weighted by molar-refractivity contribution is 6.31. The van der Waals surface area contributed by atoms with E-state index >= 15 is 0 Å². The molecule has 1 saturated heterocycles. The molecule has 4 rings (SSSR count). The number of carbonyl (C=O) groups excluding carboxylic acids is 2. The van der Waals surface area contributed by atoms with Crippen LogP contribution in [0.1, 0.15) is 65.0 Å². The van der Waals surface area contributed by atoms with E-state index in [1.54, 1.807) is 7.11 Å². The van der Waals surface area contributed by atoms with Crippen molar-refractivity contribution >= 4 is 29.4 Å². The van der Waals surface area contributed by atoms with Gasteiger partial charge in [0, 0.05) is 54.6 Å². The number of nitrogens with zero attached hydrogens (tertiary/aromatic N) is 1. The van der Waals surface area contributed by atoms with E-state index in [4.69, 9.17) is 26.5 Å². The minimum Gasteiger partial charge on any atom is -0.487 e. The van der Waals surface area contributed by atoms with Crippen molar-refractivity contribution in [3.63, 3.8) is 0 Å². The Morgan fingerprint density at radius 3 is 2.79 bits per heavy atom. The molecule has 34 heavy (non-hydrogen) atoms. The highest BCUT2D eigenvalue weighted by Gasteiger charge is 2.53. The molecule has 1 aliphatic carbocycles. The van der Waals surface area contributed by atoms with Crippen molar-refractivity contribution in [1.82, 2.24) is 15.5 Å². The number of carbonyl (C=O) groups is 2. The number of halogens is 1. The number of nitrogens with one attached hydrogen (secondary N) is 3. The fourth-order valence-corrected chi connectivity index (χ4v) is 5.66. The molecule has 3 N–H and O–H groups in total. The first-order valence-electron chi connectivity index (χ1n) is 11.9. The first-order chi connectivity index (χ1) is 15.9. The van der Waals surface area contributed by atoms with Crippen LogP contribution in [0.3, 0.4) is 0 Å². The summed E-state index contributed by atoms with van der Waals surface area (Å²) in [6.07, 6.45) is 2.14. The number of rotatable bonds is 7. The largest absolute Gasteiger partial charge is 0.487 e. The molecule has 0 aromatic heterocycles. The summed E-state index contributed by atoms with van der Waals surface area (Å²) >= 11 is 6.48. The van der Waals surface area contributed by atoms with Gasteiger partial charge in [-0.05, 0) is 58.6 Å². The Morgan fingerprint density at radius 1 is 1.38 bits per heavy atom. The number of hydrogen-bond donors (Lipinski definition) is 3. The van der Waals surface area contributed by atoms with Crippen molar-refractivity contribution in [2.24, 2.45) is 11.8 Å². The van der Waals surface area contributed by atoms with Gasteiger partial charge in [0.25, 0.3) is 0 Å². The third-order valence-electron chi connectivity index (χ3n) is 6.94. The van der Waals surface area contributed by atoms with Gasteiger partial charge in [-0.15, -0.1) is 0 Å². The van der Waals surface area contributed by atoms with Crippen molar-refractivity contribution in [2.45, 2.75) is 76.6 Å². The molecule has 2 fully saturated rings. The molecule has 1 saturated carbocycles. The minimum atomic E-state index is -0.459. The normalized spacial score (nSPS) is 27.8. The third kappa shape index (κ3) is 5.03. The number of fused-ring (bicyclic) bond motifs is 1. The average Bonchev–Trinajstić information content (AvgIpc) is 3.48. The van der Waals surface area contributed by atoms with Crippen LogP contribution in [-0.2, 0) is 14.3 Å². The molecular formula is C25H35ClN4O4. The Labute approximate surface area is 206 Å². The maximum atomic E-state index is 13.3. The predicted octanol–water partition coefficient (Wildman–Crippen LogP) is 3.63. The van der Waals surface area contributed by atoms with Gasteiger partial charge in [0.05, 0.1) is 6.04 Å². The maximum Gasteiger partial charge on any atom is 0.231 e. The summed E-state index contributed by atoms with van der Waals surface area (Å²) in [5.41, 5.74) is -0.0865. The molecule has 2 heterocycles. The molecule has 1 aromatic rings. The number of amides is 2. The lowest BCUT2D eigenvalue weighted by atomic mass is 9.89. The molecular weight excluding hydrogens is 456 g/mol. The monoisotopic (exact) mass is 490 g/mol. The third-order valence-corrected chi connectivity index (χ3v) is 7.27. The summed E-state index contributed by atoms with van der Waals surface area (Å²) in [6.45, 7) is 8.27. The molecule has 9 heteroatoms. The zero-order chi connectivity index (χ0) is 24.8. The molecule has 3 aliphatic rings. The summed E-state index contributed by atoms with van der Waals surface area (Å²) in [5, 5.41) is 15.4. The van der Waals surface area contributed by atoms with Gasteiger partial charge in [0.2, 0.25) is 11.8 Å². The highest BCUT2D eigenvalue weighted by atomic mass is 35.5. The number of hydrogen-bond acceptors (Lipinski definition) is 5. The van der Waals surface area contributed by atoms with E-state index in [0.29, 0.717) is 43.1 Å². The second kappa shape index (κ2) is 9.04. The first kappa shape index (κ1) is 24.8. The molecule has 186 valence electrons. The minimum absolute atomic E-state index is 0.0268. The topological polar surface area (TPSA) is 104 Å². The Balaban J connectivity index is 1.50. The molecule has 1 unspecified atom stereocenters. The van der Waals surface area contributed by atoms with Gasteiger partial charge in [-0.25, -0.2) is 0 Å². The van der Waals surface area contributed by atoms with E-state index in [1.165, 1.54) is 4.90 Å². The Hall–Kier alpha value is -2.32. The Morgan fingerprint density at radius 2 is 2.12 bits per heavy atom. The SMILES string of the molecule is COCC[C@H](C1C[C@H]1C(=O)N[C@@H]1CC(C)(C)Oc2cccc(Cl)c21)N1C(=N)NC(C)(C)CC1=O. The van der Waals surface area contributed by atoms with Crippen LogP contribution >= 0.6 is 11.6 Å². The van der Waals surface area contributed by atoms with Crippen LogP contribution in [0.5, 0.6) is 5.75 Å². The van der Waals surface area contributed by atoms with Gasteiger partial charge in [0.1, 0.15) is 11.4 Å². The smallest absolute Gasteiger partial charge is 0.231 e. The van der Waals surface area contributed by atoms with Crippen LogP contribution in [0.2, 0.25) is 5.02 Å². The van der Waals surface area contributed by atoms with E-state index in [0.717, 1.165) is 5.56 Å². The summed E-state index contributed by atoms with van der Waals surface area (Å²) in [6, 6.07) is 5.02. The van der Waals surface area contributed by atoms with E-state index in [9.17, 15) is 9.59 Å². The van der Waals surface area contributed by atoms with Gasteiger partial charge in [-0.1, -0.05) is 17.7 Å². The molecule has 2 aliphatic heterocycles. The summed E-state index contributed by atoms with van der Waals surface area (Å²) in [7, 11) is 1.62. The molecule has 0 bridgehead atoms. The Bertz CT molecular complexity index is 975. The van der Waals surface area contributed by atoms with Crippen molar-refractivity contribution in [1.29, 1.82) is 5.41 Å². The molecule has 2 amide bonds. The summed E-state index contributed by atoms with van der Waals surface area (Å²) < 4.78 is 11.4.